The lowest BCUT2D eigenvalue weighted by Crippen LogP contribution is -2.57. The second kappa shape index (κ2) is 4.35. The van der Waals surface area contributed by atoms with Gasteiger partial charge >= 0.3 is 0 Å². The highest BCUT2D eigenvalue weighted by Crippen LogP contribution is 2.63. The molecule has 0 radical (unpaired) electrons. The van der Waals surface area contributed by atoms with Crippen molar-refractivity contribution in [3.63, 3.8) is 0 Å². The molecule has 0 bridgehead atoms. The van der Waals surface area contributed by atoms with Crippen LogP contribution in [0.5, 0.6) is 5.75 Å². The number of Topliss-reactive ketones (excluding diaryl/α,β-unsaturated/α-hetero) is 1. The lowest BCUT2D eigenvalue weighted by atomic mass is 9.52. The van der Waals surface area contributed by atoms with Crippen LogP contribution in [0, 0.1) is 11.3 Å². The van der Waals surface area contributed by atoms with Crippen LogP contribution >= 0.6 is 0 Å². The second-order valence-electron chi connectivity index (χ2n) is 7.88. The summed E-state index contributed by atoms with van der Waals surface area (Å²) in [6, 6.07) is 5.67. The molecule has 2 fully saturated rings. The van der Waals surface area contributed by atoms with Crippen molar-refractivity contribution in [3.8, 4) is 5.75 Å². The molecule has 22 heavy (non-hydrogen) atoms. The van der Waals surface area contributed by atoms with Gasteiger partial charge in [0.25, 0.3) is 0 Å². The van der Waals surface area contributed by atoms with Crippen molar-refractivity contribution in [3.05, 3.63) is 29.3 Å². The molecule has 3 aliphatic rings. The minimum absolute atomic E-state index is 0.157. The van der Waals surface area contributed by atoms with Crippen LogP contribution in [0.2, 0.25) is 0 Å². The lowest BCUT2D eigenvalue weighted by molar-refractivity contribution is -0.157. The molecule has 0 saturated heterocycles. The van der Waals surface area contributed by atoms with E-state index in [1.54, 1.807) is 6.07 Å². The summed E-state index contributed by atoms with van der Waals surface area (Å²) in [7, 11) is 0. The van der Waals surface area contributed by atoms with Crippen molar-refractivity contribution in [1.29, 1.82) is 0 Å². The summed E-state index contributed by atoms with van der Waals surface area (Å²) < 4.78 is 0. The molecule has 0 aliphatic heterocycles. The molecule has 1 aromatic carbocycles. The molecule has 3 nitrogen and oxygen atoms in total. The Hall–Kier alpha value is -1.35. The fraction of sp³-hybridized carbons (Fsp3) is 0.632. The molecule has 0 amide bonds. The van der Waals surface area contributed by atoms with Gasteiger partial charge in [-0.1, -0.05) is 13.0 Å². The Labute approximate surface area is 131 Å². The highest BCUT2D eigenvalue weighted by molar-refractivity contribution is 5.88. The molecule has 5 atom stereocenters. The molecule has 0 heterocycles. The number of phenols is 1. The number of fused-ring (bicyclic) bond motifs is 5. The van der Waals surface area contributed by atoms with Gasteiger partial charge in [0.1, 0.15) is 11.5 Å². The summed E-state index contributed by atoms with van der Waals surface area (Å²) in [6.07, 6.45) is 3.77. The predicted molar refractivity (Wildman–Crippen MR) is 83.9 cm³/mol. The van der Waals surface area contributed by atoms with Crippen LogP contribution in [0.1, 0.15) is 68.9 Å². The molecule has 3 aliphatic carbocycles. The maximum Gasteiger partial charge on any atom is 0.141 e. The summed E-state index contributed by atoms with van der Waals surface area (Å²) in [5.41, 5.74) is 1.09. The van der Waals surface area contributed by atoms with Crippen LogP contribution in [0.25, 0.3) is 0 Å². The van der Waals surface area contributed by atoms with Crippen LogP contribution in [-0.4, -0.2) is 21.6 Å². The Morgan fingerprint density at radius 1 is 1.23 bits per heavy atom. The van der Waals surface area contributed by atoms with Gasteiger partial charge in [0.2, 0.25) is 0 Å². The van der Waals surface area contributed by atoms with Crippen LogP contribution < -0.4 is 0 Å². The molecule has 2 saturated carbocycles. The first-order valence-corrected chi connectivity index (χ1v) is 8.45. The van der Waals surface area contributed by atoms with E-state index in [1.165, 1.54) is 11.1 Å². The second-order valence-corrected chi connectivity index (χ2v) is 7.88. The maximum absolute atomic E-state index is 12.4. The molecule has 0 spiro atoms. The third-order valence-electron chi connectivity index (χ3n) is 6.97. The SMILES string of the molecule is C[C@H]1C[C@@H]2[C@H](CC[C@]3(C)C(=O)CC[C@@]23O)c2ccc(O)cc21. The van der Waals surface area contributed by atoms with Gasteiger partial charge in [-0.15, -0.1) is 0 Å². The van der Waals surface area contributed by atoms with Gasteiger partial charge in [-0.3, -0.25) is 4.79 Å². The van der Waals surface area contributed by atoms with E-state index in [2.05, 4.69) is 6.92 Å². The Balaban J connectivity index is 1.82. The summed E-state index contributed by atoms with van der Waals surface area (Å²) in [4.78, 5) is 12.4. The number of phenolic OH excluding ortho intramolecular Hbond substituents is 1. The van der Waals surface area contributed by atoms with E-state index in [-0.39, 0.29) is 11.7 Å². The number of aliphatic hydroxyl groups is 1. The van der Waals surface area contributed by atoms with E-state index >= 15 is 0 Å². The van der Waals surface area contributed by atoms with Crippen LogP contribution in [0.4, 0.5) is 0 Å². The van der Waals surface area contributed by atoms with E-state index < -0.39 is 11.0 Å². The molecular weight excluding hydrogens is 276 g/mol. The third-order valence-corrected chi connectivity index (χ3v) is 6.97. The van der Waals surface area contributed by atoms with Crippen molar-refractivity contribution < 1.29 is 15.0 Å². The van der Waals surface area contributed by atoms with Gasteiger partial charge in [-0.25, -0.2) is 0 Å². The summed E-state index contributed by atoms with van der Waals surface area (Å²) in [6.45, 7) is 4.15. The van der Waals surface area contributed by atoms with Gasteiger partial charge in [0.15, 0.2) is 0 Å². The summed E-state index contributed by atoms with van der Waals surface area (Å²) in [5.74, 6) is 1.35. The number of carbonyl (C=O) groups is 1. The highest BCUT2D eigenvalue weighted by Gasteiger charge is 2.64. The van der Waals surface area contributed by atoms with Crippen molar-refractivity contribution in [2.24, 2.45) is 11.3 Å². The zero-order chi connectivity index (χ0) is 15.7. The number of hydrogen-bond acceptors (Lipinski definition) is 3. The average molecular weight is 300 g/mol. The van der Waals surface area contributed by atoms with Gasteiger partial charge in [-0.05, 0) is 73.6 Å². The Morgan fingerprint density at radius 2 is 2.00 bits per heavy atom. The first kappa shape index (κ1) is 14.3. The van der Waals surface area contributed by atoms with E-state index in [0.717, 1.165) is 19.3 Å². The molecule has 0 aromatic heterocycles. The van der Waals surface area contributed by atoms with E-state index in [0.29, 0.717) is 30.4 Å². The van der Waals surface area contributed by atoms with Crippen LogP contribution in [0.15, 0.2) is 18.2 Å². The zero-order valence-corrected chi connectivity index (χ0v) is 13.3. The van der Waals surface area contributed by atoms with E-state index in [4.69, 9.17) is 0 Å². The van der Waals surface area contributed by atoms with Gasteiger partial charge in [-0.2, -0.15) is 0 Å². The van der Waals surface area contributed by atoms with Gasteiger partial charge in [0, 0.05) is 6.42 Å². The Kier molecular flexibility index (Phi) is 2.82. The highest BCUT2D eigenvalue weighted by atomic mass is 16.3. The number of rotatable bonds is 0. The molecular formula is C19H24O3. The lowest BCUT2D eigenvalue weighted by Gasteiger charge is -2.54. The number of benzene rings is 1. The average Bonchev–Trinajstić information content (AvgIpc) is 2.73. The molecule has 4 rings (SSSR count). The largest absolute Gasteiger partial charge is 0.508 e. The molecule has 3 heteroatoms. The molecule has 0 unspecified atom stereocenters. The van der Waals surface area contributed by atoms with Crippen molar-refractivity contribution >= 4 is 5.78 Å². The summed E-state index contributed by atoms with van der Waals surface area (Å²) in [5, 5.41) is 21.2. The van der Waals surface area contributed by atoms with Gasteiger partial charge < -0.3 is 10.2 Å². The smallest absolute Gasteiger partial charge is 0.141 e. The van der Waals surface area contributed by atoms with Crippen LogP contribution in [0.3, 0.4) is 0 Å². The van der Waals surface area contributed by atoms with Crippen molar-refractivity contribution in [2.75, 3.05) is 0 Å². The van der Waals surface area contributed by atoms with Crippen molar-refractivity contribution in [1.82, 2.24) is 0 Å². The minimum atomic E-state index is -0.850. The Morgan fingerprint density at radius 3 is 2.77 bits per heavy atom. The molecule has 118 valence electrons. The Bertz CT molecular complexity index is 652. The zero-order valence-electron chi connectivity index (χ0n) is 13.3. The molecule has 2 N–H and O–H groups in total. The third kappa shape index (κ3) is 1.58. The first-order chi connectivity index (χ1) is 10.4. The fourth-order valence-electron chi connectivity index (χ4n) is 5.59. The maximum atomic E-state index is 12.4. The molecule has 1 aromatic rings. The number of hydrogen-bond donors (Lipinski definition) is 2. The van der Waals surface area contributed by atoms with E-state index in [1.807, 2.05) is 19.1 Å². The first-order valence-electron chi connectivity index (χ1n) is 8.45. The summed E-state index contributed by atoms with van der Waals surface area (Å²) >= 11 is 0. The number of ketones is 1. The fourth-order valence-corrected chi connectivity index (χ4v) is 5.59. The van der Waals surface area contributed by atoms with Crippen molar-refractivity contribution in [2.45, 2.75) is 63.4 Å². The van der Waals surface area contributed by atoms with Gasteiger partial charge in [0.05, 0.1) is 11.0 Å². The topological polar surface area (TPSA) is 57.5 Å². The minimum Gasteiger partial charge on any atom is -0.508 e. The standard InChI is InChI=1S/C19H24O3/c1-11-9-16-14(13-4-3-12(20)10-15(11)13)5-7-18(2)17(21)6-8-19(16,18)22/h3-4,10-11,14,16,20,22H,5-9H2,1-2H3/t11-,14+,16+,18+,19+/m0/s1. The predicted octanol–water partition coefficient (Wildman–Crippen LogP) is 3.49. The monoisotopic (exact) mass is 300 g/mol. The normalized spacial score (nSPS) is 43.4. The number of aromatic hydroxyl groups is 1. The number of carbonyl (C=O) groups excluding carboxylic acids is 1. The quantitative estimate of drug-likeness (QED) is 0.771. The van der Waals surface area contributed by atoms with Crippen LogP contribution in [-0.2, 0) is 4.79 Å². The van der Waals surface area contributed by atoms with E-state index in [9.17, 15) is 15.0 Å².